The van der Waals surface area contributed by atoms with Crippen molar-refractivity contribution in [2.24, 2.45) is 75.5 Å². The van der Waals surface area contributed by atoms with Crippen LogP contribution in [0.25, 0.3) is 155 Å². The molecule has 10 nitrogen and oxygen atoms in total. The van der Waals surface area contributed by atoms with Crippen molar-refractivity contribution < 1.29 is 17.9 Å². The Hall–Kier alpha value is -12.7. The van der Waals surface area contributed by atoms with Gasteiger partial charge in [0.25, 0.3) is 22.6 Å². The van der Waals surface area contributed by atoms with E-state index in [2.05, 4.69) is 446 Å². The molecule has 0 bridgehead atoms. The third kappa shape index (κ3) is 17.7. The molecule has 0 aliphatic carbocycles. The standard InChI is InChI=1S/2C31H35N2.2C30H34N3/c1-20(2)17-23-12-10-13-24(18-21(3)4)30(23)28-19-32(6)31-29-22(5)11-9-15-26(29)25-14-7-8-16-27(25)33(28)31;1-20(2)14-23-16-24(15-21(3)4)18-25(17-23)29-19-33-28-13-8-7-11-26(28)27-12-9-10-22(5)30(27)31(33)32(29)6;1-19(2)16-22-10-9-11-23(17-20(3)4)28(22)26-18-32(6)30-27-21(5)14-15-31-29(27)24-12-7-8-13-25(24)33(26)30;1-19(2)13-22-15-23(14-20(3)4)17-24(16-22)27-18-33-26-10-8-7-9-25(26)29-28(30(33)32(27)6)21(5)11-12-31-29/h7-16,19-21H,17-18H2,1-6H3;7-13,16-21H,14-15H2,1-6H3;7-15,18-20H,16-17H2,1-6H3;7-12,15-20H,13-14H2,1-6H3/q4*+1. The highest BCUT2D eigenvalue weighted by Crippen LogP contribution is 2.42. The van der Waals surface area contributed by atoms with E-state index in [0.717, 1.165) is 62.4 Å². The quantitative estimate of drug-likeness (QED) is 0.0564. The molecule has 0 aliphatic rings. The molecule has 10 aromatic carbocycles. The van der Waals surface area contributed by atoms with Crippen molar-refractivity contribution in [2.45, 2.75) is 190 Å². The lowest BCUT2D eigenvalue weighted by molar-refractivity contribution is -0.643. The van der Waals surface area contributed by atoms with Gasteiger partial charge in [-0.25, -0.2) is 18.3 Å². The molecule has 132 heavy (non-hydrogen) atoms. The molecular formula is C122H138N10+4. The number of para-hydroxylation sites is 4. The SMILES string of the molecule is Cc1cccc2c3ccccc3[n+]3cc(-c4cc(CC(C)C)cc(CC(C)C)c4)n(C)c3c12.Cc1cccc2c3ccccc3n3c(-c4c(CC(C)C)cccc4CC(C)C)c[n+](C)c3c12.Cc1ccnc2c3ccccc3[n+]3cc(-c4cc(CC(C)C)cc(CC(C)C)c4)n(C)c3c12.Cc1ccnc2c3ccccc3n3c(-c4c(CC(C)C)cccc4CC(C)C)c[n+](C)c3c12. The Balaban J connectivity index is 0.000000123. The first-order chi connectivity index (χ1) is 63.4. The van der Waals surface area contributed by atoms with Crippen LogP contribution in [0.3, 0.4) is 0 Å². The molecule has 0 saturated heterocycles. The second-order valence-corrected chi connectivity index (χ2v) is 41.6. The summed E-state index contributed by atoms with van der Waals surface area (Å²) in [4.78, 5) is 9.64. The molecule has 10 heteroatoms. The van der Waals surface area contributed by atoms with Gasteiger partial charge >= 0.3 is 0 Å². The summed E-state index contributed by atoms with van der Waals surface area (Å²) in [5.41, 5.74) is 39.3. The van der Waals surface area contributed by atoms with E-state index < -0.39 is 0 Å². The van der Waals surface area contributed by atoms with Crippen LogP contribution < -0.4 is 17.9 Å². The molecule has 0 fully saturated rings. The first-order valence-corrected chi connectivity index (χ1v) is 48.8. The fourth-order valence-corrected chi connectivity index (χ4v) is 21.7. The highest BCUT2D eigenvalue weighted by molar-refractivity contribution is 6.15. The maximum absolute atomic E-state index is 4.83. The number of rotatable bonds is 20. The van der Waals surface area contributed by atoms with Crippen LogP contribution in [-0.2, 0) is 79.6 Å². The zero-order valence-corrected chi connectivity index (χ0v) is 83.0. The van der Waals surface area contributed by atoms with Crippen molar-refractivity contribution in [3.8, 4) is 45.0 Å². The summed E-state index contributed by atoms with van der Waals surface area (Å²) < 4.78 is 19.2. The summed E-state index contributed by atoms with van der Waals surface area (Å²) in [6.45, 7) is 45.8. The molecule has 0 amide bonds. The third-order valence-electron chi connectivity index (χ3n) is 26.8. The summed E-state index contributed by atoms with van der Waals surface area (Å²) in [5, 5.41) is 12.8. The minimum atomic E-state index is 0.599. The predicted octanol–water partition coefficient (Wildman–Crippen LogP) is 28.6. The van der Waals surface area contributed by atoms with Crippen molar-refractivity contribution in [3.63, 3.8) is 0 Å². The van der Waals surface area contributed by atoms with Gasteiger partial charge in [0.1, 0.15) is 46.9 Å². The molecule has 20 aromatic rings. The van der Waals surface area contributed by atoms with Gasteiger partial charge in [-0.15, -0.1) is 0 Å². The number of benzene rings is 10. The molecule has 20 rings (SSSR count). The lowest BCUT2D eigenvalue weighted by Crippen LogP contribution is -2.26. The van der Waals surface area contributed by atoms with Crippen molar-refractivity contribution >= 4 is 110 Å². The van der Waals surface area contributed by atoms with Crippen molar-refractivity contribution in [1.82, 2.24) is 27.9 Å². The topological polar surface area (TPSA) is 60.4 Å². The molecule has 0 saturated carbocycles. The van der Waals surface area contributed by atoms with Gasteiger partial charge in [0.2, 0.25) is 0 Å². The third-order valence-corrected chi connectivity index (χ3v) is 26.8. The summed E-state index contributed by atoms with van der Waals surface area (Å²) in [6.07, 6.45) is 22.0. The van der Waals surface area contributed by atoms with Gasteiger partial charge in [-0.05, 0) is 266 Å². The average Bonchev–Trinajstić information content (AvgIpc) is 1.55. The highest BCUT2D eigenvalue weighted by Gasteiger charge is 2.33. The summed E-state index contributed by atoms with van der Waals surface area (Å²) >= 11 is 0. The van der Waals surface area contributed by atoms with Crippen molar-refractivity contribution in [1.29, 1.82) is 0 Å². The molecule has 0 aliphatic heterocycles. The van der Waals surface area contributed by atoms with Crippen LogP contribution in [0.15, 0.2) is 256 Å². The fourth-order valence-electron chi connectivity index (χ4n) is 21.7. The van der Waals surface area contributed by atoms with E-state index in [4.69, 9.17) is 9.97 Å². The van der Waals surface area contributed by atoms with E-state index in [1.165, 1.54) is 210 Å². The van der Waals surface area contributed by atoms with Gasteiger partial charge in [-0.1, -0.05) is 256 Å². The maximum Gasteiger partial charge on any atom is 0.296 e. The molecule has 10 heterocycles. The minimum Gasteiger partial charge on any atom is -0.255 e. The van der Waals surface area contributed by atoms with Crippen molar-refractivity contribution in [2.75, 3.05) is 0 Å². The number of hydrogen-bond acceptors (Lipinski definition) is 2. The Labute approximate surface area is 783 Å². The monoisotopic (exact) mass is 1740 g/mol. The largest absolute Gasteiger partial charge is 0.296 e. The van der Waals surface area contributed by atoms with E-state index in [-0.39, 0.29) is 0 Å². The summed E-state index contributed by atoms with van der Waals surface area (Å²) in [5.74, 6) is 4.97. The molecule has 0 radical (unpaired) electrons. The molecule has 0 spiro atoms. The zero-order valence-electron chi connectivity index (χ0n) is 83.0. The second kappa shape index (κ2) is 37.9. The molecule has 0 N–H and O–H groups in total. The van der Waals surface area contributed by atoms with E-state index in [0.29, 0.717) is 47.3 Å². The number of hydrogen-bond donors (Lipinski definition) is 0. The van der Waals surface area contributed by atoms with Crippen molar-refractivity contribution in [3.05, 3.63) is 322 Å². The molecule has 0 unspecified atom stereocenters. The highest BCUT2D eigenvalue weighted by atomic mass is 15.1. The normalized spacial score (nSPS) is 12.1. The van der Waals surface area contributed by atoms with Gasteiger partial charge in [-0.2, -0.15) is 17.6 Å². The van der Waals surface area contributed by atoms with E-state index >= 15 is 0 Å². The van der Waals surface area contributed by atoms with Crippen LogP contribution >= 0.6 is 0 Å². The zero-order chi connectivity index (χ0) is 93.1. The number of nitrogens with zero attached hydrogens (tertiary/aromatic N) is 10. The van der Waals surface area contributed by atoms with Crippen LogP contribution in [0.5, 0.6) is 0 Å². The Bertz CT molecular complexity index is 7210. The average molecular weight is 1740 g/mol. The van der Waals surface area contributed by atoms with E-state index in [1.54, 1.807) is 0 Å². The van der Waals surface area contributed by atoms with Crippen LogP contribution in [0.1, 0.15) is 178 Å². The fraction of sp³-hybridized carbons (Fsp3) is 0.328. The van der Waals surface area contributed by atoms with E-state index in [1.807, 2.05) is 12.4 Å². The Morgan fingerprint density at radius 3 is 0.992 bits per heavy atom. The summed E-state index contributed by atoms with van der Waals surface area (Å²) in [6, 6.07) is 80.9. The minimum absolute atomic E-state index is 0.599. The number of aromatic nitrogens is 10. The number of aryl methyl sites for hydroxylation is 8. The van der Waals surface area contributed by atoms with E-state index in [9.17, 15) is 0 Å². The maximum atomic E-state index is 4.83. The smallest absolute Gasteiger partial charge is 0.255 e. The summed E-state index contributed by atoms with van der Waals surface area (Å²) in [7, 11) is 8.80. The van der Waals surface area contributed by atoms with Gasteiger partial charge in [0, 0.05) is 67.0 Å². The Kier molecular flexibility index (Phi) is 26.2. The molecule has 10 aromatic heterocycles. The first kappa shape index (κ1) is 91.2. The van der Waals surface area contributed by atoms with Crippen LogP contribution in [-0.4, -0.2) is 27.9 Å². The number of pyridine rings is 6. The predicted molar refractivity (Wildman–Crippen MR) is 559 cm³/mol. The number of fused-ring (bicyclic) bond motifs is 24. The van der Waals surface area contributed by atoms with Crippen LogP contribution in [0, 0.1) is 75.0 Å². The Morgan fingerprint density at radius 2 is 0.576 bits per heavy atom. The van der Waals surface area contributed by atoms with Crippen LogP contribution in [0.4, 0.5) is 0 Å². The number of imidazole rings is 4. The lowest BCUT2D eigenvalue weighted by Gasteiger charge is -2.16. The Morgan fingerprint density at radius 1 is 0.273 bits per heavy atom. The lowest BCUT2D eigenvalue weighted by atomic mass is 9.89. The first-order valence-electron chi connectivity index (χ1n) is 48.8. The van der Waals surface area contributed by atoms with Crippen LogP contribution in [0.2, 0.25) is 0 Å². The van der Waals surface area contributed by atoms with Gasteiger partial charge in [-0.3, -0.25) is 9.97 Å². The molecule has 0 atom stereocenters. The van der Waals surface area contributed by atoms with Gasteiger partial charge < -0.3 is 0 Å². The van der Waals surface area contributed by atoms with Gasteiger partial charge in [0.05, 0.1) is 60.8 Å². The molecular weight excluding hydrogens is 1610 g/mol. The van der Waals surface area contributed by atoms with Gasteiger partial charge in [0.15, 0.2) is 22.8 Å². The molecule has 672 valence electrons. The second-order valence-electron chi connectivity index (χ2n) is 41.6.